The predicted molar refractivity (Wildman–Crippen MR) is 197 cm³/mol. The molecular weight excluding hydrogens is 741 g/mol. The first-order valence-corrected chi connectivity index (χ1v) is 18.4. The largest absolute Gasteiger partial charge is 0.506 e. The van der Waals surface area contributed by atoms with Crippen LogP contribution in [-0.2, 0) is 25.0 Å². The van der Waals surface area contributed by atoms with E-state index in [1.807, 2.05) is 0 Å². The van der Waals surface area contributed by atoms with Gasteiger partial charge in [-0.2, -0.15) is 27.1 Å². The second-order valence-corrected chi connectivity index (χ2v) is 14.4. The molecule has 0 saturated carbocycles. The summed E-state index contributed by atoms with van der Waals surface area (Å²) in [6.07, 6.45) is 6.44. The van der Waals surface area contributed by atoms with Gasteiger partial charge in [0.2, 0.25) is 5.78 Å². The second kappa shape index (κ2) is 14.4. The Bertz CT molecular complexity index is 2790. The summed E-state index contributed by atoms with van der Waals surface area (Å²) >= 11 is 0. The molecule has 4 N–H and O–H groups in total. The first kappa shape index (κ1) is 37.2. The van der Waals surface area contributed by atoms with E-state index in [-0.39, 0.29) is 67.8 Å². The molecule has 0 fully saturated rings. The number of carbonyl (C=O) groups is 3. The van der Waals surface area contributed by atoms with E-state index in [9.17, 15) is 45.4 Å². The maximum Gasteiger partial charge on any atom is 0.295 e. The number of Topliss-reactive ketones (excluding diaryl/α,β-unsaturated/α-hetero) is 3. The van der Waals surface area contributed by atoms with E-state index >= 15 is 0 Å². The van der Waals surface area contributed by atoms with Crippen molar-refractivity contribution in [1.29, 1.82) is 0 Å². The molecule has 272 valence electrons. The third-order valence-electron chi connectivity index (χ3n) is 7.99. The zero-order valence-corrected chi connectivity index (χ0v) is 29.6. The van der Waals surface area contributed by atoms with E-state index in [1.54, 1.807) is 24.3 Å². The van der Waals surface area contributed by atoms with Crippen LogP contribution >= 0.6 is 0 Å². The molecule has 5 aromatic rings. The third kappa shape index (κ3) is 7.62. The maximum atomic E-state index is 13.0. The summed E-state index contributed by atoms with van der Waals surface area (Å²) in [7, 11) is -9.80. The second-order valence-electron chi connectivity index (χ2n) is 11.7. The van der Waals surface area contributed by atoms with Gasteiger partial charge < -0.3 is 5.11 Å². The van der Waals surface area contributed by atoms with Crippen LogP contribution in [0.4, 0.5) is 17.1 Å². The Hall–Kier alpha value is -6.60. The number of benzene rings is 3. The number of nitrogens with one attached hydrogen (secondary N) is 1. The highest BCUT2D eigenvalue weighted by atomic mass is 32.2. The van der Waals surface area contributed by atoms with Gasteiger partial charge in [0.15, 0.2) is 11.6 Å². The molecule has 2 aromatic heterocycles. The monoisotopic (exact) mass is 766 g/mol. The molecule has 0 bridgehead atoms. The number of hydrazone groups is 1. The fourth-order valence-electron chi connectivity index (χ4n) is 5.57. The van der Waals surface area contributed by atoms with Gasteiger partial charge in [0.25, 0.3) is 20.2 Å². The van der Waals surface area contributed by atoms with Gasteiger partial charge in [-0.25, -0.2) is 0 Å². The molecule has 18 heteroatoms. The van der Waals surface area contributed by atoms with Crippen LogP contribution in [0.1, 0.15) is 51.4 Å². The van der Waals surface area contributed by atoms with Crippen LogP contribution in [0.2, 0.25) is 0 Å². The minimum atomic E-state index is -4.90. The van der Waals surface area contributed by atoms with Crippen LogP contribution in [-0.4, -0.2) is 64.1 Å². The zero-order valence-electron chi connectivity index (χ0n) is 28.0. The molecule has 2 heterocycles. The van der Waals surface area contributed by atoms with Crippen LogP contribution in [0, 0.1) is 0 Å². The molecule has 0 atom stereocenters. The number of pyridine rings is 2. The average molecular weight is 767 g/mol. The number of aromatic hydroxyl groups is 1. The molecule has 3 aromatic carbocycles. The minimum Gasteiger partial charge on any atom is -0.506 e. The normalized spacial score (nSPS) is 14.1. The molecule has 16 nitrogen and oxygen atoms in total. The smallest absolute Gasteiger partial charge is 0.295 e. The number of aromatic nitrogens is 2. The van der Waals surface area contributed by atoms with Crippen LogP contribution in [0.25, 0.3) is 28.6 Å². The lowest BCUT2D eigenvalue weighted by Crippen LogP contribution is -2.23. The average Bonchev–Trinajstić information content (AvgIpc) is 3.12. The Morgan fingerprint density at radius 3 is 2.11 bits per heavy atom. The summed E-state index contributed by atoms with van der Waals surface area (Å²) in [4.78, 5) is 44.6. The molecule has 0 unspecified atom stereocenters. The van der Waals surface area contributed by atoms with Gasteiger partial charge in [0.1, 0.15) is 38.2 Å². The Labute approximate surface area is 306 Å². The Morgan fingerprint density at radius 2 is 1.44 bits per heavy atom. The van der Waals surface area contributed by atoms with Gasteiger partial charge in [0.05, 0.1) is 16.9 Å². The molecule has 6 rings (SSSR count). The summed E-state index contributed by atoms with van der Waals surface area (Å²) in [6.45, 7) is 2.61. The number of rotatable bonds is 10. The number of nitrogens with zero attached hydrogens (tertiary/aromatic N) is 5. The Morgan fingerprint density at radius 1 is 0.796 bits per heavy atom. The molecule has 0 aliphatic heterocycles. The topological polar surface area (TPSA) is 255 Å². The molecule has 1 aliphatic carbocycles. The minimum absolute atomic E-state index is 0.00956. The van der Waals surface area contributed by atoms with Crippen molar-refractivity contribution in [2.45, 2.75) is 23.6 Å². The van der Waals surface area contributed by atoms with Crippen molar-refractivity contribution in [3.8, 4) is 5.75 Å². The van der Waals surface area contributed by atoms with E-state index < -0.39 is 41.6 Å². The van der Waals surface area contributed by atoms with E-state index in [1.165, 1.54) is 74.8 Å². The highest BCUT2D eigenvalue weighted by Crippen LogP contribution is 2.36. The maximum absolute atomic E-state index is 13.0. The van der Waals surface area contributed by atoms with E-state index in [2.05, 4.69) is 30.7 Å². The number of fused-ring (bicyclic) bond motifs is 2. The number of hydrogen-bond acceptors (Lipinski definition) is 14. The van der Waals surface area contributed by atoms with Crippen LogP contribution in [0.3, 0.4) is 0 Å². The van der Waals surface area contributed by atoms with E-state index in [4.69, 9.17) is 0 Å². The number of carbonyl (C=O) groups excluding carboxylic acids is 3. The number of phenols is 1. The number of ketones is 3. The predicted octanol–water partition coefficient (Wildman–Crippen LogP) is 6.25. The molecule has 0 radical (unpaired) electrons. The fourth-order valence-corrected chi connectivity index (χ4v) is 6.99. The SMILES string of the molecule is CC(=O)C1=C/C(=N\Nc2ccc(/C=C/c3ccc(N=Nc4cc(O)c5ncccc5c4C(C)=O)cc3S(=O)(=O)O)c(S(=O)(=O)O)c2)C(=O)c2ncccc21. The lowest BCUT2D eigenvalue weighted by atomic mass is 9.91. The van der Waals surface area contributed by atoms with Crippen molar-refractivity contribution >= 4 is 89.0 Å². The van der Waals surface area contributed by atoms with Gasteiger partial charge in [-0.1, -0.05) is 36.4 Å². The third-order valence-corrected chi connectivity index (χ3v) is 9.81. The van der Waals surface area contributed by atoms with Crippen LogP contribution in [0.5, 0.6) is 5.75 Å². The molecule has 0 spiro atoms. The van der Waals surface area contributed by atoms with Crippen molar-refractivity contribution in [3.05, 3.63) is 113 Å². The Kier molecular flexibility index (Phi) is 9.93. The van der Waals surface area contributed by atoms with Gasteiger partial charge in [-0.3, -0.25) is 38.9 Å². The van der Waals surface area contributed by atoms with E-state index in [0.29, 0.717) is 10.9 Å². The highest BCUT2D eigenvalue weighted by molar-refractivity contribution is 7.86. The van der Waals surface area contributed by atoms with E-state index in [0.717, 1.165) is 12.1 Å². The van der Waals surface area contributed by atoms with Crippen LogP contribution < -0.4 is 5.43 Å². The number of hydrogen-bond donors (Lipinski definition) is 4. The van der Waals surface area contributed by atoms with Gasteiger partial charge in [-0.15, -0.1) is 5.11 Å². The quantitative estimate of drug-likeness (QED) is 0.0403. The summed E-state index contributed by atoms with van der Waals surface area (Å²) in [5, 5.41) is 22.8. The summed E-state index contributed by atoms with van der Waals surface area (Å²) in [5.74, 6) is -1.60. The lowest BCUT2D eigenvalue weighted by Gasteiger charge is -2.15. The molecular formula is C36H26N6O10S2. The van der Waals surface area contributed by atoms with Crippen molar-refractivity contribution in [3.63, 3.8) is 0 Å². The number of allylic oxidation sites excluding steroid dienone is 2. The lowest BCUT2D eigenvalue weighted by molar-refractivity contribution is -0.111. The summed E-state index contributed by atoms with van der Waals surface area (Å²) in [6, 6.07) is 14.7. The molecule has 54 heavy (non-hydrogen) atoms. The number of azo groups is 1. The van der Waals surface area contributed by atoms with Gasteiger partial charge in [-0.05, 0) is 67.4 Å². The van der Waals surface area contributed by atoms with Gasteiger partial charge >= 0.3 is 0 Å². The molecule has 1 aliphatic rings. The van der Waals surface area contributed by atoms with Crippen LogP contribution in [0.15, 0.2) is 110 Å². The molecule has 0 saturated heterocycles. The first-order valence-electron chi connectivity index (χ1n) is 15.5. The summed E-state index contributed by atoms with van der Waals surface area (Å²) in [5.41, 5.74) is 2.91. The number of phenolic OH excluding ortho intramolecular Hbond substituents is 1. The van der Waals surface area contributed by atoms with Crippen molar-refractivity contribution < 1.29 is 45.4 Å². The van der Waals surface area contributed by atoms with Crippen molar-refractivity contribution in [2.24, 2.45) is 15.3 Å². The summed E-state index contributed by atoms with van der Waals surface area (Å²) < 4.78 is 69.7. The van der Waals surface area contributed by atoms with Crippen molar-refractivity contribution in [2.75, 3.05) is 5.43 Å². The highest BCUT2D eigenvalue weighted by Gasteiger charge is 2.28. The van der Waals surface area contributed by atoms with Gasteiger partial charge in [0, 0.05) is 35.0 Å². The Balaban J connectivity index is 1.31. The number of anilines is 1. The molecule has 0 amide bonds. The zero-order chi connectivity index (χ0) is 38.9. The fraction of sp³-hybridized carbons (Fsp3) is 0.0556. The van der Waals surface area contributed by atoms with Crippen molar-refractivity contribution in [1.82, 2.24) is 9.97 Å². The first-order chi connectivity index (χ1) is 25.5. The standard InChI is InChI=1S/C36H26N6O10S2/c1-19(43)27-17-29(36(46)35-25(27)5-3-14-38-35)42-40-24-12-10-22(32(16-24)54(50,51)52)8-7-21-9-11-23(15-31(21)53(47,48)49)39-41-28-18-30(45)34-26(6-4-13-37-34)33(28)20(2)44/h3-18,40,45H,1-2H3,(H,47,48,49)(H,50,51,52)/b8-7+,41-39?,42-29+.